The molecule has 1 aliphatic rings. The fraction of sp³-hybridized carbons (Fsp3) is 0.444. The van der Waals surface area contributed by atoms with E-state index in [1.54, 1.807) is 6.07 Å². The molecule has 51 heavy (non-hydrogen) atoms. The molecule has 1 N–H and O–H groups in total. The summed E-state index contributed by atoms with van der Waals surface area (Å²) in [5.41, 5.74) is -2.23. The van der Waals surface area contributed by atoms with Crippen molar-refractivity contribution in [2.75, 3.05) is 31.2 Å². The Hall–Kier alpha value is -4.56. The van der Waals surface area contributed by atoms with Gasteiger partial charge in [-0.15, -0.1) is 0 Å². The number of halogens is 4. The van der Waals surface area contributed by atoms with Gasteiger partial charge >= 0.3 is 18.1 Å². The molecule has 3 atom stereocenters. The van der Waals surface area contributed by atoms with Crippen molar-refractivity contribution >= 4 is 41.0 Å². The highest BCUT2D eigenvalue weighted by Crippen LogP contribution is 2.43. The van der Waals surface area contributed by atoms with Crippen LogP contribution in [0.1, 0.15) is 68.9 Å². The highest BCUT2D eigenvalue weighted by atomic mass is 35.5. The van der Waals surface area contributed by atoms with Crippen LogP contribution in [-0.4, -0.2) is 64.3 Å². The zero-order chi connectivity index (χ0) is 36.8. The number of carboxylic acid groups (broad SMARTS) is 1. The third kappa shape index (κ3) is 9.03. The summed E-state index contributed by atoms with van der Waals surface area (Å²) in [5, 5.41) is 22.0. The lowest BCUT2D eigenvalue weighted by atomic mass is 9.86. The summed E-state index contributed by atoms with van der Waals surface area (Å²) in [6.07, 6.45) is 0.568. The summed E-state index contributed by atoms with van der Waals surface area (Å²) >= 11 is 6.77. The Morgan fingerprint density at radius 2 is 1.71 bits per heavy atom. The van der Waals surface area contributed by atoms with E-state index in [0.717, 1.165) is 18.1 Å². The number of carboxylic acids is 1. The number of furan rings is 1. The number of hydrogen-bond donors (Lipinski definition) is 1. The van der Waals surface area contributed by atoms with Crippen molar-refractivity contribution in [3.05, 3.63) is 77.5 Å². The number of aliphatic carboxylic acids is 1. The molecule has 274 valence electrons. The smallest absolute Gasteiger partial charge is 0.420 e. The van der Waals surface area contributed by atoms with Gasteiger partial charge in [0.05, 0.1) is 50.1 Å². The highest BCUT2D eigenvalue weighted by molar-refractivity contribution is 6.32. The Kier molecular flexibility index (Phi) is 12.0. The number of alkyl halides is 3. The molecule has 0 radical (unpaired) electrons. The van der Waals surface area contributed by atoms with E-state index in [1.807, 2.05) is 42.2 Å². The maximum Gasteiger partial charge on any atom is 0.420 e. The van der Waals surface area contributed by atoms with Crippen LogP contribution in [0.5, 0.6) is 0 Å². The molecule has 3 aromatic heterocycles. The zero-order valence-electron chi connectivity index (χ0n) is 27.9. The molecular formula is C36H38ClF3N3O8-. The number of carbonyl (C=O) groups is 3. The van der Waals surface area contributed by atoms with E-state index in [2.05, 4.69) is 4.98 Å². The van der Waals surface area contributed by atoms with Crippen molar-refractivity contribution in [2.24, 2.45) is 5.92 Å². The third-order valence-electron chi connectivity index (χ3n) is 9.02. The average molecular weight is 733 g/mol. The van der Waals surface area contributed by atoms with Gasteiger partial charge in [-0.1, -0.05) is 55.3 Å². The molecule has 15 heteroatoms. The first kappa shape index (κ1) is 37.7. The average Bonchev–Trinajstić information content (AvgIpc) is 3.84. The molecule has 4 aromatic rings. The summed E-state index contributed by atoms with van der Waals surface area (Å²) in [4.78, 5) is 42.3. The Labute approximate surface area is 296 Å². The monoisotopic (exact) mass is 732 g/mol. The predicted octanol–water partition coefficient (Wildman–Crippen LogP) is 5.80. The van der Waals surface area contributed by atoms with Crippen molar-refractivity contribution in [1.29, 1.82) is 0 Å². The minimum atomic E-state index is -4.69. The van der Waals surface area contributed by atoms with Gasteiger partial charge in [-0.05, 0) is 49.3 Å². The number of fused-ring (bicyclic) bond motifs is 1. The Morgan fingerprint density at radius 3 is 2.31 bits per heavy atom. The molecule has 5 rings (SSSR count). The van der Waals surface area contributed by atoms with Crippen molar-refractivity contribution in [2.45, 2.75) is 69.6 Å². The maximum atomic E-state index is 14.2. The zero-order valence-corrected chi connectivity index (χ0v) is 28.6. The highest BCUT2D eigenvalue weighted by Gasteiger charge is 2.39. The van der Waals surface area contributed by atoms with Gasteiger partial charge in [-0.25, -0.2) is 4.98 Å². The number of unbranched alkanes of at least 4 members (excludes halogenated alkanes) is 2. The van der Waals surface area contributed by atoms with Crippen molar-refractivity contribution in [3.8, 4) is 11.1 Å². The summed E-state index contributed by atoms with van der Waals surface area (Å²) in [7, 11) is 0. The minimum absolute atomic E-state index is 0.00615. The summed E-state index contributed by atoms with van der Waals surface area (Å²) in [6, 6.07) is 12.3. The molecule has 0 spiro atoms. The van der Waals surface area contributed by atoms with Crippen molar-refractivity contribution < 1.29 is 51.7 Å². The Bertz CT molecular complexity index is 1820. The van der Waals surface area contributed by atoms with Gasteiger partial charge < -0.3 is 33.8 Å². The number of aliphatic hydroxyl groups is 1. The molecular weight excluding hydrogens is 695 g/mol. The lowest BCUT2D eigenvalue weighted by molar-refractivity contribution is -0.325. The number of carbonyl (C=O) groups excluding carboxylic acids is 3. The molecule has 0 saturated carbocycles. The van der Waals surface area contributed by atoms with Crippen LogP contribution in [0.15, 0.2) is 65.6 Å². The number of benzene rings is 1. The van der Waals surface area contributed by atoms with Crippen LogP contribution >= 0.6 is 11.6 Å². The van der Waals surface area contributed by atoms with E-state index in [-0.39, 0.29) is 47.2 Å². The standard InChI is InChI=1S/C36H39ClF3N3O8/c1-2-3-13-50-29(44)17-35(48,34(46)47)18-30(45)51-14-8-7-11-24-19-42(21-27(24)23-9-5-4-6-10-23)33-31(37)43-20-26(25-12-15-49-22-25)16-28(32(43)41-33)36(38,39)40/h4-6,9-10,12,15-16,20,22,24,27,48H,2-3,7-8,11,13-14,17-19,21H2,1H3,(H,46,47)/p-1. The first-order chi connectivity index (χ1) is 24.3. The Balaban J connectivity index is 1.25. The Morgan fingerprint density at radius 1 is 1.02 bits per heavy atom. The number of aromatic nitrogens is 2. The molecule has 3 unspecified atom stereocenters. The van der Waals surface area contributed by atoms with Gasteiger partial charge in [-0.3, -0.25) is 14.0 Å². The topological polar surface area (TPSA) is 147 Å². The van der Waals surface area contributed by atoms with Crippen LogP contribution in [-0.2, 0) is 30.0 Å². The summed E-state index contributed by atoms with van der Waals surface area (Å²) in [6.45, 7) is 2.78. The molecule has 1 aliphatic heterocycles. The van der Waals surface area contributed by atoms with Crippen LogP contribution < -0.4 is 10.0 Å². The van der Waals surface area contributed by atoms with Crippen LogP contribution in [0, 0.1) is 5.92 Å². The third-order valence-corrected chi connectivity index (χ3v) is 9.37. The number of pyridine rings is 1. The molecule has 11 nitrogen and oxygen atoms in total. The molecule has 0 aliphatic carbocycles. The first-order valence-corrected chi connectivity index (χ1v) is 17.0. The lowest BCUT2D eigenvalue weighted by Gasteiger charge is -2.27. The first-order valence-electron chi connectivity index (χ1n) is 16.7. The van der Waals surface area contributed by atoms with Crippen molar-refractivity contribution in [3.63, 3.8) is 0 Å². The molecule has 0 amide bonds. The fourth-order valence-corrected chi connectivity index (χ4v) is 6.62. The normalized spacial score (nSPS) is 17.4. The SMILES string of the molecule is CCCCOC(=O)CC(O)(CC(=O)OCCCCC1CN(c2nc3c(C(F)(F)F)cc(-c4ccoc4)cn3c2Cl)CC1c1ccccc1)C(=O)[O-]. The van der Waals surface area contributed by atoms with Crippen LogP contribution in [0.3, 0.4) is 0 Å². The number of anilines is 1. The van der Waals surface area contributed by atoms with E-state index >= 15 is 0 Å². The van der Waals surface area contributed by atoms with Gasteiger partial charge in [0.1, 0.15) is 5.60 Å². The molecule has 1 aromatic carbocycles. The molecule has 4 heterocycles. The molecule has 1 saturated heterocycles. The second-order valence-corrected chi connectivity index (χ2v) is 13.1. The number of ether oxygens (including phenoxy) is 2. The fourth-order valence-electron chi connectivity index (χ4n) is 6.33. The van der Waals surface area contributed by atoms with Gasteiger partial charge in [0, 0.05) is 36.3 Å². The van der Waals surface area contributed by atoms with E-state index in [9.17, 15) is 37.8 Å². The van der Waals surface area contributed by atoms with Crippen LogP contribution in [0.4, 0.5) is 19.0 Å². The van der Waals surface area contributed by atoms with Gasteiger partial charge in [-0.2, -0.15) is 13.2 Å². The van der Waals surface area contributed by atoms with E-state index in [0.29, 0.717) is 44.3 Å². The number of imidazole rings is 1. The second-order valence-electron chi connectivity index (χ2n) is 12.7. The van der Waals surface area contributed by atoms with Gasteiger partial charge in [0.15, 0.2) is 16.6 Å². The molecule has 1 fully saturated rings. The molecule has 0 bridgehead atoms. The van der Waals surface area contributed by atoms with Gasteiger partial charge in [0.2, 0.25) is 0 Å². The summed E-state index contributed by atoms with van der Waals surface area (Å²) in [5.74, 6) is -3.69. The largest absolute Gasteiger partial charge is 0.547 e. The van der Waals surface area contributed by atoms with Crippen LogP contribution in [0.25, 0.3) is 16.8 Å². The van der Waals surface area contributed by atoms with E-state index < -0.39 is 48.1 Å². The van der Waals surface area contributed by atoms with Crippen molar-refractivity contribution in [1.82, 2.24) is 9.38 Å². The number of hydrogen-bond acceptors (Lipinski definition) is 10. The second kappa shape index (κ2) is 16.2. The van der Waals surface area contributed by atoms with Gasteiger partial charge in [0.25, 0.3) is 0 Å². The maximum absolute atomic E-state index is 14.2. The van der Waals surface area contributed by atoms with Crippen LogP contribution in [0.2, 0.25) is 5.15 Å². The van der Waals surface area contributed by atoms with E-state index in [4.69, 9.17) is 25.5 Å². The number of nitrogens with zero attached hydrogens (tertiary/aromatic N) is 3. The number of esters is 2. The lowest BCUT2D eigenvalue weighted by Crippen LogP contribution is -2.51. The summed E-state index contributed by atoms with van der Waals surface area (Å²) < 4.78 is 59.2. The van der Waals surface area contributed by atoms with E-state index in [1.165, 1.54) is 23.1 Å². The number of rotatable bonds is 16. The quantitative estimate of drug-likeness (QED) is 0.111. The predicted molar refractivity (Wildman–Crippen MR) is 178 cm³/mol. The minimum Gasteiger partial charge on any atom is -0.547 e.